The predicted molar refractivity (Wildman–Crippen MR) is 53.2 cm³/mol. The molecule has 3 N–H and O–H groups in total. The number of nitrogen functional groups attached to an aromatic ring is 1. The fourth-order valence-electron chi connectivity index (χ4n) is 0.844. The molecule has 2 nitrogen and oxygen atoms in total. The Bertz CT molecular complexity index is 291. The topological polar surface area (TPSA) is 46.2 Å². The van der Waals surface area contributed by atoms with Crippen molar-refractivity contribution < 1.29 is 9.50 Å². The molecule has 0 aliphatic rings. The Morgan fingerprint density at radius 2 is 2.31 bits per heavy atom. The molecule has 0 aromatic heterocycles. The van der Waals surface area contributed by atoms with Crippen molar-refractivity contribution in [3.8, 4) is 0 Å². The molecule has 1 atom stereocenters. The normalized spacial score (nSPS) is 12.8. The Morgan fingerprint density at radius 1 is 1.62 bits per heavy atom. The number of thioether (sulfide) groups is 1. The molecule has 13 heavy (non-hydrogen) atoms. The molecule has 0 saturated heterocycles. The van der Waals surface area contributed by atoms with Crippen LogP contribution in [0.2, 0.25) is 0 Å². The van der Waals surface area contributed by atoms with Gasteiger partial charge < -0.3 is 10.8 Å². The summed E-state index contributed by atoms with van der Waals surface area (Å²) in [5.74, 6) is 0.218. The van der Waals surface area contributed by atoms with Gasteiger partial charge in [0.15, 0.2) is 0 Å². The maximum atomic E-state index is 12.7. The Balaban J connectivity index is 2.70. The quantitative estimate of drug-likeness (QED) is 0.580. The van der Waals surface area contributed by atoms with Gasteiger partial charge in [0.05, 0.1) is 6.10 Å². The van der Waals surface area contributed by atoms with Gasteiger partial charge in [0, 0.05) is 16.3 Å². The molecule has 1 rings (SSSR count). The Labute approximate surface area is 80.9 Å². The first kappa shape index (κ1) is 10.3. The predicted octanol–water partition coefficient (Wildman–Crippen LogP) is 1.88. The highest BCUT2D eigenvalue weighted by atomic mass is 32.2. The van der Waals surface area contributed by atoms with E-state index in [1.54, 1.807) is 6.92 Å². The zero-order chi connectivity index (χ0) is 9.84. The largest absolute Gasteiger partial charge is 0.398 e. The summed E-state index contributed by atoms with van der Waals surface area (Å²) < 4.78 is 12.7. The van der Waals surface area contributed by atoms with Crippen LogP contribution in [0.3, 0.4) is 0 Å². The first-order valence-corrected chi connectivity index (χ1v) is 4.94. The second-order valence-electron chi connectivity index (χ2n) is 2.84. The van der Waals surface area contributed by atoms with E-state index < -0.39 is 6.10 Å². The minimum Gasteiger partial charge on any atom is -0.398 e. The lowest BCUT2D eigenvalue weighted by atomic mass is 10.3. The second kappa shape index (κ2) is 4.48. The summed E-state index contributed by atoms with van der Waals surface area (Å²) in [6.07, 6.45) is -0.410. The molecule has 0 spiro atoms. The molecular weight excluding hydrogens is 189 g/mol. The molecule has 1 aromatic rings. The Hall–Kier alpha value is -0.740. The SMILES string of the molecule is CC(O)CSc1cc(F)ccc1N. The molecule has 0 bridgehead atoms. The summed E-state index contributed by atoms with van der Waals surface area (Å²) in [5, 5.41) is 9.02. The van der Waals surface area contributed by atoms with Gasteiger partial charge in [-0.25, -0.2) is 4.39 Å². The van der Waals surface area contributed by atoms with Crippen LogP contribution in [-0.4, -0.2) is 17.0 Å². The van der Waals surface area contributed by atoms with E-state index in [0.717, 1.165) is 0 Å². The van der Waals surface area contributed by atoms with Gasteiger partial charge in [0.1, 0.15) is 5.82 Å². The minimum absolute atomic E-state index is 0.303. The lowest BCUT2D eigenvalue weighted by Gasteiger charge is -2.06. The van der Waals surface area contributed by atoms with Crippen molar-refractivity contribution >= 4 is 17.4 Å². The number of benzene rings is 1. The number of aliphatic hydroxyl groups excluding tert-OH is 1. The van der Waals surface area contributed by atoms with Gasteiger partial charge >= 0.3 is 0 Å². The van der Waals surface area contributed by atoms with Crippen LogP contribution in [0, 0.1) is 5.82 Å². The van der Waals surface area contributed by atoms with Crippen LogP contribution in [0.25, 0.3) is 0 Å². The van der Waals surface area contributed by atoms with E-state index in [2.05, 4.69) is 0 Å². The minimum atomic E-state index is -0.410. The van der Waals surface area contributed by atoms with Crippen molar-refractivity contribution in [2.45, 2.75) is 17.9 Å². The third-order valence-corrected chi connectivity index (χ3v) is 2.77. The smallest absolute Gasteiger partial charge is 0.124 e. The molecule has 0 aliphatic carbocycles. The van der Waals surface area contributed by atoms with Crippen LogP contribution in [0.15, 0.2) is 23.1 Å². The van der Waals surface area contributed by atoms with Gasteiger partial charge in [-0.05, 0) is 25.1 Å². The lowest BCUT2D eigenvalue weighted by Crippen LogP contribution is -2.03. The highest BCUT2D eigenvalue weighted by molar-refractivity contribution is 7.99. The average molecular weight is 201 g/mol. The van der Waals surface area contributed by atoms with Crippen LogP contribution in [0.4, 0.5) is 10.1 Å². The van der Waals surface area contributed by atoms with Crippen LogP contribution < -0.4 is 5.73 Å². The summed E-state index contributed by atoms with van der Waals surface area (Å²) >= 11 is 1.35. The number of nitrogens with two attached hydrogens (primary N) is 1. The molecule has 0 heterocycles. The van der Waals surface area contributed by atoms with Gasteiger partial charge in [-0.3, -0.25) is 0 Å². The number of hydrogen-bond acceptors (Lipinski definition) is 3. The monoisotopic (exact) mass is 201 g/mol. The Kier molecular flexibility index (Phi) is 3.57. The zero-order valence-corrected chi connectivity index (χ0v) is 8.14. The summed E-state index contributed by atoms with van der Waals surface area (Å²) in [4.78, 5) is 0.681. The maximum Gasteiger partial charge on any atom is 0.124 e. The van der Waals surface area contributed by atoms with Crippen LogP contribution in [0.1, 0.15) is 6.92 Å². The molecule has 0 radical (unpaired) electrons. The third-order valence-electron chi connectivity index (χ3n) is 1.46. The average Bonchev–Trinajstić information content (AvgIpc) is 2.06. The maximum absolute atomic E-state index is 12.7. The number of aliphatic hydroxyl groups is 1. The van der Waals surface area contributed by atoms with E-state index in [1.165, 1.54) is 30.0 Å². The van der Waals surface area contributed by atoms with Gasteiger partial charge in [0.2, 0.25) is 0 Å². The van der Waals surface area contributed by atoms with Crippen molar-refractivity contribution in [1.82, 2.24) is 0 Å². The standard InChI is InChI=1S/C9H12FNOS/c1-6(12)5-13-9-4-7(10)2-3-8(9)11/h2-4,6,12H,5,11H2,1H3. The molecule has 72 valence electrons. The molecule has 1 unspecified atom stereocenters. The van der Waals surface area contributed by atoms with Gasteiger partial charge in [-0.15, -0.1) is 11.8 Å². The summed E-state index contributed by atoms with van der Waals surface area (Å²) in [5.41, 5.74) is 6.15. The fourth-order valence-corrected chi connectivity index (χ4v) is 1.69. The summed E-state index contributed by atoms with van der Waals surface area (Å²) in [6, 6.07) is 4.23. The van der Waals surface area contributed by atoms with Crippen molar-refractivity contribution in [2.24, 2.45) is 0 Å². The first-order valence-electron chi connectivity index (χ1n) is 3.95. The second-order valence-corrected chi connectivity index (χ2v) is 3.90. The number of rotatable bonds is 3. The number of anilines is 1. The van der Waals surface area contributed by atoms with Crippen molar-refractivity contribution in [3.63, 3.8) is 0 Å². The van der Waals surface area contributed by atoms with Crippen molar-refractivity contribution in [3.05, 3.63) is 24.0 Å². The molecule has 0 aliphatic heterocycles. The van der Waals surface area contributed by atoms with E-state index in [9.17, 15) is 4.39 Å². The summed E-state index contributed by atoms with van der Waals surface area (Å²) in [6.45, 7) is 1.68. The van der Waals surface area contributed by atoms with Crippen molar-refractivity contribution in [2.75, 3.05) is 11.5 Å². The van der Waals surface area contributed by atoms with Crippen molar-refractivity contribution in [1.29, 1.82) is 0 Å². The van der Waals surface area contributed by atoms with E-state index in [0.29, 0.717) is 16.3 Å². The highest BCUT2D eigenvalue weighted by Gasteiger charge is 2.03. The zero-order valence-electron chi connectivity index (χ0n) is 7.33. The van der Waals surface area contributed by atoms with Crippen LogP contribution >= 0.6 is 11.8 Å². The molecular formula is C9H12FNOS. The van der Waals surface area contributed by atoms with Gasteiger partial charge in [-0.2, -0.15) is 0 Å². The first-order chi connectivity index (χ1) is 6.09. The number of hydrogen-bond donors (Lipinski definition) is 2. The molecule has 0 saturated carbocycles. The number of halogens is 1. The van der Waals surface area contributed by atoms with Crippen LogP contribution in [-0.2, 0) is 0 Å². The summed E-state index contributed by atoms with van der Waals surface area (Å²) in [7, 11) is 0. The van der Waals surface area contributed by atoms with Gasteiger partial charge in [0.25, 0.3) is 0 Å². The molecule has 1 aromatic carbocycles. The highest BCUT2D eigenvalue weighted by Crippen LogP contribution is 2.25. The molecule has 4 heteroatoms. The third kappa shape index (κ3) is 3.24. The van der Waals surface area contributed by atoms with E-state index in [-0.39, 0.29) is 5.82 Å². The van der Waals surface area contributed by atoms with E-state index in [1.807, 2.05) is 0 Å². The molecule has 0 amide bonds. The lowest BCUT2D eigenvalue weighted by molar-refractivity contribution is 0.220. The fraction of sp³-hybridized carbons (Fsp3) is 0.333. The van der Waals surface area contributed by atoms with E-state index >= 15 is 0 Å². The van der Waals surface area contributed by atoms with Gasteiger partial charge in [-0.1, -0.05) is 0 Å². The molecule has 0 fully saturated rings. The van der Waals surface area contributed by atoms with E-state index in [4.69, 9.17) is 10.8 Å². The Morgan fingerprint density at radius 3 is 2.92 bits per heavy atom. The van der Waals surface area contributed by atoms with Crippen LogP contribution in [0.5, 0.6) is 0 Å².